The largest absolute Gasteiger partial charge is 0.417 e. The van der Waals surface area contributed by atoms with E-state index in [0.717, 1.165) is 18.7 Å². The third-order valence-electron chi connectivity index (χ3n) is 3.23. The van der Waals surface area contributed by atoms with E-state index in [2.05, 4.69) is 4.98 Å². The molecule has 1 fully saturated rings. The predicted octanol–water partition coefficient (Wildman–Crippen LogP) is 2.45. The van der Waals surface area contributed by atoms with Gasteiger partial charge in [0.2, 0.25) is 0 Å². The minimum Gasteiger partial charge on any atom is -0.391 e. The summed E-state index contributed by atoms with van der Waals surface area (Å²) in [6.45, 7) is 2.41. The second-order valence-electron chi connectivity index (χ2n) is 4.51. The van der Waals surface area contributed by atoms with Crippen LogP contribution in [0.1, 0.15) is 25.3 Å². The first-order chi connectivity index (χ1) is 8.41. The van der Waals surface area contributed by atoms with Crippen molar-refractivity contribution in [3.63, 3.8) is 0 Å². The number of halogens is 3. The summed E-state index contributed by atoms with van der Waals surface area (Å²) < 4.78 is 37.2. The van der Waals surface area contributed by atoms with Crippen molar-refractivity contribution in [3.8, 4) is 0 Å². The van der Waals surface area contributed by atoms with Crippen LogP contribution >= 0.6 is 0 Å². The molecule has 6 heteroatoms. The van der Waals surface area contributed by atoms with Gasteiger partial charge >= 0.3 is 6.18 Å². The van der Waals surface area contributed by atoms with Gasteiger partial charge in [-0.3, -0.25) is 0 Å². The summed E-state index contributed by atoms with van der Waals surface area (Å²) in [5.74, 6) is 0.492. The standard InChI is InChI=1S/C12H15F3N2O/c1-2-9-5-10(18)7-17(9)11-4-3-8(6-16-11)12(13,14)15/h3-4,6,9-10,18H,2,5,7H2,1H3/t9?,10-/m0/s1. The Morgan fingerprint density at radius 1 is 1.44 bits per heavy atom. The first kappa shape index (κ1) is 13.1. The second-order valence-corrected chi connectivity index (χ2v) is 4.51. The lowest BCUT2D eigenvalue weighted by Crippen LogP contribution is -2.30. The van der Waals surface area contributed by atoms with Crippen LogP contribution in [0.2, 0.25) is 0 Å². The molecule has 0 bridgehead atoms. The molecular weight excluding hydrogens is 245 g/mol. The van der Waals surface area contributed by atoms with Crippen molar-refractivity contribution in [2.45, 2.75) is 38.1 Å². The average Bonchev–Trinajstić information content (AvgIpc) is 2.69. The smallest absolute Gasteiger partial charge is 0.391 e. The molecule has 2 heterocycles. The van der Waals surface area contributed by atoms with Crippen LogP contribution in [0.3, 0.4) is 0 Å². The van der Waals surface area contributed by atoms with E-state index >= 15 is 0 Å². The van der Waals surface area contributed by atoms with E-state index in [0.29, 0.717) is 18.8 Å². The van der Waals surface area contributed by atoms with Crippen molar-refractivity contribution >= 4 is 5.82 Å². The predicted molar refractivity (Wildman–Crippen MR) is 61.3 cm³/mol. The van der Waals surface area contributed by atoms with Crippen LogP contribution in [0.15, 0.2) is 18.3 Å². The van der Waals surface area contributed by atoms with Gasteiger partial charge in [-0.2, -0.15) is 13.2 Å². The number of aliphatic hydroxyl groups is 1. The Bertz CT molecular complexity index is 405. The number of alkyl halides is 3. The summed E-state index contributed by atoms with van der Waals surface area (Å²) in [7, 11) is 0. The Balaban J connectivity index is 2.19. The normalized spacial score (nSPS) is 24.6. The van der Waals surface area contributed by atoms with Crippen molar-refractivity contribution in [1.82, 2.24) is 4.98 Å². The number of hydrogen-bond donors (Lipinski definition) is 1. The zero-order chi connectivity index (χ0) is 13.3. The molecule has 0 radical (unpaired) electrons. The maximum atomic E-state index is 12.4. The SMILES string of the molecule is CCC1C[C@H](O)CN1c1ccc(C(F)(F)F)cn1. The van der Waals surface area contributed by atoms with Gasteiger partial charge < -0.3 is 10.0 Å². The van der Waals surface area contributed by atoms with Gasteiger partial charge in [0.05, 0.1) is 11.7 Å². The molecule has 1 aromatic heterocycles. The molecule has 0 aliphatic carbocycles. The number of nitrogens with zero attached hydrogens (tertiary/aromatic N) is 2. The summed E-state index contributed by atoms with van der Waals surface area (Å²) in [5, 5.41) is 9.60. The maximum Gasteiger partial charge on any atom is 0.417 e. The van der Waals surface area contributed by atoms with Crippen molar-refractivity contribution in [2.24, 2.45) is 0 Å². The molecule has 100 valence electrons. The second kappa shape index (κ2) is 4.76. The first-order valence-electron chi connectivity index (χ1n) is 5.89. The van der Waals surface area contributed by atoms with Gasteiger partial charge in [-0.15, -0.1) is 0 Å². The van der Waals surface area contributed by atoms with Crippen LogP contribution in [0.4, 0.5) is 19.0 Å². The molecular formula is C12H15F3N2O. The number of aliphatic hydroxyl groups excluding tert-OH is 1. The van der Waals surface area contributed by atoms with E-state index in [9.17, 15) is 18.3 Å². The lowest BCUT2D eigenvalue weighted by molar-refractivity contribution is -0.137. The Morgan fingerprint density at radius 3 is 2.67 bits per heavy atom. The van der Waals surface area contributed by atoms with Crippen molar-refractivity contribution in [2.75, 3.05) is 11.4 Å². The Hall–Kier alpha value is -1.30. The summed E-state index contributed by atoms with van der Waals surface area (Å²) >= 11 is 0. The van der Waals surface area contributed by atoms with Gasteiger partial charge in [0.15, 0.2) is 0 Å². The number of β-amino-alcohol motifs (C(OH)–C–C–N with tert-alkyl or cyclic N) is 1. The number of aromatic nitrogens is 1. The number of pyridine rings is 1. The van der Waals surface area contributed by atoms with Gasteiger partial charge in [-0.1, -0.05) is 6.92 Å². The van der Waals surface area contributed by atoms with Gasteiger partial charge in [0, 0.05) is 18.8 Å². The molecule has 2 atom stereocenters. The van der Waals surface area contributed by atoms with Gasteiger partial charge in [0.25, 0.3) is 0 Å². The molecule has 2 rings (SSSR count). The third kappa shape index (κ3) is 2.58. The van der Waals surface area contributed by atoms with Gasteiger partial charge in [-0.25, -0.2) is 4.98 Å². The summed E-state index contributed by atoms with van der Waals surface area (Å²) in [5.41, 5.74) is -0.751. The quantitative estimate of drug-likeness (QED) is 0.887. The van der Waals surface area contributed by atoms with E-state index in [-0.39, 0.29) is 6.04 Å². The monoisotopic (exact) mass is 260 g/mol. The topological polar surface area (TPSA) is 36.4 Å². The fourth-order valence-corrected chi connectivity index (χ4v) is 2.28. The summed E-state index contributed by atoms with van der Waals surface area (Å²) in [4.78, 5) is 5.72. The first-order valence-corrected chi connectivity index (χ1v) is 5.89. The fraction of sp³-hybridized carbons (Fsp3) is 0.583. The number of anilines is 1. The summed E-state index contributed by atoms with van der Waals surface area (Å²) in [6, 6.07) is 2.53. The van der Waals surface area contributed by atoms with Crippen molar-refractivity contribution in [3.05, 3.63) is 23.9 Å². The molecule has 0 saturated carbocycles. The van der Waals surface area contributed by atoms with Crippen LogP contribution in [0, 0.1) is 0 Å². The molecule has 1 aromatic rings. The summed E-state index contributed by atoms with van der Waals surface area (Å²) in [6.07, 6.45) is -2.48. The molecule has 18 heavy (non-hydrogen) atoms. The highest BCUT2D eigenvalue weighted by molar-refractivity contribution is 5.42. The molecule has 1 aliphatic rings. The Morgan fingerprint density at radius 2 is 2.17 bits per heavy atom. The third-order valence-corrected chi connectivity index (χ3v) is 3.23. The maximum absolute atomic E-state index is 12.4. The molecule has 0 amide bonds. The highest BCUT2D eigenvalue weighted by Crippen LogP contribution is 2.31. The highest BCUT2D eigenvalue weighted by atomic mass is 19.4. The van der Waals surface area contributed by atoms with Gasteiger partial charge in [-0.05, 0) is 25.0 Å². The molecule has 1 N–H and O–H groups in total. The highest BCUT2D eigenvalue weighted by Gasteiger charge is 2.33. The lowest BCUT2D eigenvalue weighted by atomic mass is 10.1. The fourth-order valence-electron chi connectivity index (χ4n) is 2.28. The molecule has 0 aromatic carbocycles. The minimum atomic E-state index is -4.36. The van der Waals surface area contributed by atoms with Gasteiger partial charge in [0.1, 0.15) is 5.82 Å². The van der Waals surface area contributed by atoms with Crippen LogP contribution < -0.4 is 4.90 Å². The average molecular weight is 260 g/mol. The zero-order valence-corrected chi connectivity index (χ0v) is 9.98. The Labute approximate surface area is 103 Å². The molecule has 0 spiro atoms. The van der Waals surface area contributed by atoms with Crippen molar-refractivity contribution in [1.29, 1.82) is 0 Å². The molecule has 3 nitrogen and oxygen atoms in total. The number of hydrogen-bond acceptors (Lipinski definition) is 3. The number of rotatable bonds is 2. The van der Waals surface area contributed by atoms with E-state index in [1.54, 1.807) is 0 Å². The molecule has 1 aliphatic heterocycles. The van der Waals surface area contributed by atoms with Crippen molar-refractivity contribution < 1.29 is 18.3 Å². The van der Waals surface area contributed by atoms with Crippen LogP contribution in [-0.4, -0.2) is 28.8 Å². The minimum absolute atomic E-state index is 0.143. The van der Waals surface area contributed by atoms with Crippen LogP contribution in [0.25, 0.3) is 0 Å². The van der Waals surface area contributed by atoms with E-state index < -0.39 is 17.8 Å². The van der Waals surface area contributed by atoms with E-state index in [1.165, 1.54) is 6.07 Å². The Kier molecular flexibility index (Phi) is 3.47. The zero-order valence-electron chi connectivity index (χ0n) is 9.98. The van der Waals surface area contributed by atoms with E-state index in [4.69, 9.17) is 0 Å². The molecule has 1 saturated heterocycles. The molecule has 1 unspecified atom stereocenters. The van der Waals surface area contributed by atoms with Crippen LogP contribution in [0.5, 0.6) is 0 Å². The van der Waals surface area contributed by atoms with Crippen LogP contribution in [-0.2, 0) is 6.18 Å². The lowest BCUT2D eigenvalue weighted by Gasteiger charge is -2.24. The van der Waals surface area contributed by atoms with E-state index in [1.807, 2.05) is 11.8 Å².